The molecule has 0 saturated heterocycles. The van der Waals surface area contributed by atoms with Gasteiger partial charge >= 0.3 is 12.3 Å². The molecule has 8 nitrogen and oxygen atoms in total. The van der Waals surface area contributed by atoms with Gasteiger partial charge in [-0.25, -0.2) is 18.4 Å². The Morgan fingerprint density at radius 3 is 2.50 bits per heavy atom. The number of sulfonamides is 1. The van der Waals surface area contributed by atoms with Gasteiger partial charge in [0.25, 0.3) is 5.91 Å². The van der Waals surface area contributed by atoms with Gasteiger partial charge in [-0.05, 0) is 12.1 Å². The first-order valence-corrected chi connectivity index (χ1v) is 9.77. The number of thiophene rings is 1. The SMILES string of the molecule is NS(=O)(=O)c1cc(C(=O)OCC(=O)NCc2ccccc2OC(F)(F)F)cs1. The summed E-state index contributed by atoms with van der Waals surface area (Å²) in [5, 5.41) is 8.41. The van der Waals surface area contributed by atoms with E-state index in [1.54, 1.807) is 0 Å². The van der Waals surface area contributed by atoms with Crippen molar-refractivity contribution in [1.29, 1.82) is 0 Å². The summed E-state index contributed by atoms with van der Waals surface area (Å²) in [5.41, 5.74) is -0.0409. The Labute approximate surface area is 161 Å². The Morgan fingerprint density at radius 2 is 1.89 bits per heavy atom. The molecular weight excluding hydrogens is 425 g/mol. The van der Waals surface area contributed by atoms with Gasteiger partial charge < -0.3 is 14.8 Å². The van der Waals surface area contributed by atoms with Gasteiger partial charge in [-0.15, -0.1) is 24.5 Å². The van der Waals surface area contributed by atoms with Crippen molar-refractivity contribution in [2.24, 2.45) is 5.14 Å². The average Bonchev–Trinajstić information content (AvgIpc) is 3.08. The van der Waals surface area contributed by atoms with Gasteiger partial charge in [0.05, 0.1) is 5.56 Å². The first-order valence-electron chi connectivity index (χ1n) is 7.34. The quantitative estimate of drug-likeness (QED) is 0.635. The summed E-state index contributed by atoms with van der Waals surface area (Å²) in [6.45, 7) is -1.02. The number of para-hydroxylation sites is 1. The second-order valence-corrected chi connectivity index (χ2v) is 7.91. The molecule has 0 bridgehead atoms. The second kappa shape index (κ2) is 8.58. The van der Waals surface area contributed by atoms with Gasteiger partial charge in [-0.1, -0.05) is 18.2 Å². The number of halogens is 3. The lowest BCUT2D eigenvalue weighted by Gasteiger charge is -2.13. The standard InChI is InChI=1S/C15H13F3N2O6S2/c16-15(17,18)26-11-4-2-1-3-9(11)6-20-12(21)7-25-14(22)10-5-13(27-8-10)28(19,23)24/h1-5,8H,6-7H2,(H,20,21)(H2,19,23,24). The Kier molecular flexibility index (Phi) is 6.64. The minimum absolute atomic E-state index is 0.0649. The van der Waals surface area contributed by atoms with E-state index in [-0.39, 0.29) is 21.9 Å². The molecule has 0 spiro atoms. The van der Waals surface area contributed by atoms with E-state index in [0.717, 1.165) is 12.1 Å². The average molecular weight is 438 g/mol. The first-order chi connectivity index (χ1) is 13.0. The number of amides is 1. The van der Waals surface area contributed by atoms with E-state index in [4.69, 9.17) is 9.88 Å². The summed E-state index contributed by atoms with van der Waals surface area (Å²) in [5.74, 6) is -2.21. The number of nitrogens with two attached hydrogens (primary N) is 1. The topological polar surface area (TPSA) is 125 Å². The van der Waals surface area contributed by atoms with E-state index in [1.165, 1.54) is 23.6 Å². The Hall–Kier alpha value is -2.64. The highest BCUT2D eigenvalue weighted by atomic mass is 32.2. The minimum atomic E-state index is -4.88. The Morgan fingerprint density at radius 1 is 1.21 bits per heavy atom. The third-order valence-electron chi connectivity index (χ3n) is 3.10. The molecule has 0 atom stereocenters. The molecule has 0 aliphatic heterocycles. The maximum atomic E-state index is 12.4. The number of hydrogen-bond acceptors (Lipinski definition) is 7. The van der Waals surface area contributed by atoms with E-state index in [0.29, 0.717) is 11.3 Å². The molecule has 28 heavy (non-hydrogen) atoms. The fourth-order valence-electron chi connectivity index (χ4n) is 1.91. The van der Waals surface area contributed by atoms with Gasteiger partial charge in [0.15, 0.2) is 6.61 Å². The highest BCUT2D eigenvalue weighted by Gasteiger charge is 2.32. The van der Waals surface area contributed by atoms with Crippen molar-refractivity contribution < 1.29 is 40.7 Å². The first kappa shape index (κ1) is 21.7. The zero-order valence-corrected chi connectivity index (χ0v) is 15.5. The Bertz CT molecular complexity index is 972. The van der Waals surface area contributed by atoms with Gasteiger partial charge in [0, 0.05) is 17.5 Å². The van der Waals surface area contributed by atoms with Crippen LogP contribution >= 0.6 is 11.3 Å². The molecule has 1 heterocycles. The maximum Gasteiger partial charge on any atom is 0.573 e. The van der Waals surface area contributed by atoms with Crippen LogP contribution in [0.5, 0.6) is 5.75 Å². The van der Waals surface area contributed by atoms with Gasteiger partial charge in [-0.2, -0.15) is 0 Å². The third kappa shape index (κ3) is 6.51. The van der Waals surface area contributed by atoms with E-state index >= 15 is 0 Å². The summed E-state index contributed by atoms with van der Waals surface area (Å²) in [7, 11) is -3.96. The van der Waals surface area contributed by atoms with Gasteiger partial charge in [0.1, 0.15) is 9.96 Å². The van der Waals surface area contributed by atoms with Crippen LogP contribution < -0.4 is 15.2 Å². The van der Waals surface area contributed by atoms with Gasteiger partial charge in [-0.3, -0.25) is 4.79 Å². The lowest BCUT2D eigenvalue weighted by molar-refractivity contribution is -0.274. The molecule has 1 aromatic carbocycles. The van der Waals surface area contributed by atoms with E-state index in [1.807, 2.05) is 0 Å². The van der Waals surface area contributed by atoms with Gasteiger partial charge in [0.2, 0.25) is 10.0 Å². The number of carbonyl (C=O) groups excluding carboxylic acids is 2. The van der Waals surface area contributed by atoms with Crippen LogP contribution in [0.4, 0.5) is 13.2 Å². The summed E-state index contributed by atoms with van der Waals surface area (Å²) in [6, 6.07) is 6.22. The molecule has 2 aromatic rings. The number of ether oxygens (including phenoxy) is 2. The van der Waals surface area contributed by atoms with Crippen molar-refractivity contribution >= 4 is 33.2 Å². The van der Waals surface area contributed by atoms with Crippen molar-refractivity contribution in [3.63, 3.8) is 0 Å². The number of benzene rings is 1. The van der Waals surface area contributed by atoms with E-state index < -0.39 is 40.6 Å². The van der Waals surface area contributed by atoms with Crippen molar-refractivity contribution in [3.05, 3.63) is 46.8 Å². The van der Waals surface area contributed by atoms with Crippen molar-refractivity contribution in [1.82, 2.24) is 5.32 Å². The molecule has 2 rings (SSSR count). The van der Waals surface area contributed by atoms with Crippen LogP contribution in [0.2, 0.25) is 0 Å². The van der Waals surface area contributed by atoms with Crippen LogP contribution in [-0.4, -0.2) is 33.3 Å². The number of primary sulfonamides is 1. The molecule has 13 heteroatoms. The molecule has 0 fully saturated rings. The normalized spacial score (nSPS) is 11.7. The fourth-order valence-corrected chi connectivity index (χ4v) is 3.48. The predicted octanol–water partition coefficient (Wildman–Crippen LogP) is 1.77. The largest absolute Gasteiger partial charge is 0.573 e. The van der Waals surface area contributed by atoms with Crippen LogP contribution in [-0.2, 0) is 26.1 Å². The summed E-state index contributed by atoms with van der Waals surface area (Å²) < 4.78 is 67.7. The molecule has 0 radical (unpaired) electrons. The number of nitrogens with one attached hydrogen (secondary N) is 1. The van der Waals surface area contributed by atoms with Crippen molar-refractivity contribution in [2.75, 3.05) is 6.61 Å². The monoisotopic (exact) mass is 438 g/mol. The highest BCUT2D eigenvalue weighted by Crippen LogP contribution is 2.26. The molecule has 1 amide bonds. The second-order valence-electron chi connectivity index (χ2n) is 5.21. The number of rotatable bonds is 7. The van der Waals surface area contributed by atoms with E-state index in [9.17, 15) is 31.2 Å². The molecule has 152 valence electrons. The number of carbonyl (C=O) groups is 2. The number of esters is 1. The van der Waals surface area contributed by atoms with Crippen LogP contribution in [0.3, 0.4) is 0 Å². The fraction of sp³-hybridized carbons (Fsp3) is 0.200. The van der Waals surface area contributed by atoms with Crippen molar-refractivity contribution in [3.8, 4) is 5.75 Å². The number of hydrogen-bond donors (Lipinski definition) is 2. The summed E-state index contributed by atoms with van der Waals surface area (Å²) in [4.78, 5) is 23.5. The summed E-state index contributed by atoms with van der Waals surface area (Å²) >= 11 is 0.713. The Balaban J connectivity index is 1.88. The van der Waals surface area contributed by atoms with Crippen LogP contribution in [0.15, 0.2) is 39.9 Å². The molecule has 0 unspecified atom stereocenters. The third-order valence-corrected chi connectivity index (χ3v) is 5.49. The molecule has 1 aromatic heterocycles. The van der Waals surface area contributed by atoms with Crippen molar-refractivity contribution in [2.45, 2.75) is 17.1 Å². The van der Waals surface area contributed by atoms with Crippen LogP contribution in [0.1, 0.15) is 15.9 Å². The number of alkyl halides is 3. The smallest absolute Gasteiger partial charge is 0.452 e. The molecule has 0 saturated carbocycles. The zero-order valence-electron chi connectivity index (χ0n) is 13.9. The minimum Gasteiger partial charge on any atom is -0.452 e. The molecular formula is C15H13F3N2O6S2. The predicted molar refractivity (Wildman–Crippen MR) is 90.9 cm³/mol. The summed E-state index contributed by atoms with van der Waals surface area (Å²) in [6.07, 6.45) is -4.88. The maximum absolute atomic E-state index is 12.4. The van der Waals surface area contributed by atoms with Crippen LogP contribution in [0, 0.1) is 0 Å². The van der Waals surface area contributed by atoms with E-state index in [2.05, 4.69) is 10.1 Å². The lowest BCUT2D eigenvalue weighted by Crippen LogP contribution is -2.29. The molecule has 0 aliphatic carbocycles. The zero-order chi connectivity index (χ0) is 20.9. The molecule has 3 N–H and O–H groups in total. The van der Waals surface area contributed by atoms with Crippen LogP contribution in [0.25, 0.3) is 0 Å². The molecule has 0 aliphatic rings. The lowest BCUT2D eigenvalue weighted by atomic mass is 10.2. The highest BCUT2D eigenvalue weighted by molar-refractivity contribution is 7.91.